The maximum absolute atomic E-state index is 5.30. The molecule has 0 N–H and O–H groups in total. The summed E-state index contributed by atoms with van der Waals surface area (Å²) in [7, 11) is 0. The van der Waals surface area contributed by atoms with Crippen LogP contribution in [0.15, 0.2) is 223 Å². The highest BCUT2D eigenvalue weighted by Gasteiger charge is 2.35. The van der Waals surface area contributed by atoms with Crippen molar-refractivity contribution in [2.24, 2.45) is 0 Å². The summed E-state index contributed by atoms with van der Waals surface area (Å²) in [6.45, 7) is 4.71. The molecule has 59 heavy (non-hydrogen) atoms. The molecule has 0 saturated carbocycles. The van der Waals surface area contributed by atoms with Gasteiger partial charge in [-0.2, -0.15) is 0 Å². The van der Waals surface area contributed by atoms with Crippen LogP contribution in [0.5, 0.6) is 0 Å². The van der Waals surface area contributed by atoms with Crippen LogP contribution >= 0.6 is 12.6 Å². The van der Waals surface area contributed by atoms with Crippen molar-refractivity contribution in [2.45, 2.75) is 24.2 Å². The third-order valence-electron chi connectivity index (χ3n) is 12.0. The fraction of sp³-hybridized carbons (Fsp3) is 0.0526. The largest absolute Gasteiger partial charge is 0.309 e. The zero-order chi connectivity index (χ0) is 39.9. The van der Waals surface area contributed by atoms with E-state index in [0.717, 1.165) is 33.1 Å². The first-order valence-corrected chi connectivity index (χ1v) is 20.8. The number of benzene rings is 9. The maximum atomic E-state index is 5.30. The van der Waals surface area contributed by atoms with Gasteiger partial charge in [0.1, 0.15) is 0 Å². The van der Waals surface area contributed by atoms with Crippen LogP contribution in [0.25, 0.3) is 66.8 Å². The van der Waals surface area contributed by atoms with E-state index in [1.165, 1.54) is 66.8 Å². The van der Waals surface area contributed by atoms with Crippen molar-refractivity contribution in [1.82, 2.24) is 0 Å². The van der Waals surface area contributed by atoms with Gasteiger partial charge in [0.15, 0.2) is 0 Å². The highest BCUT2D eigenvalue weighted by molar-refractivity contribution is 7.80. The van der Waals surface area contributed by atoms with E-state index in [2.05, 4.69) is 237 Å². The average Bonchev–Trinajstić information content (AvgIpc) is 3.53. The number of nitrogens with zero attached hydrogens (tertiary/aromatic N) is 1. The molecule has 0 spiro atoms. The number of thiol groups is 1. The first-order chi connectivity index (χ1) is 28.9. The Bertz CT molecular complexity index is 2930. The van der Waals surface area contributed by atoms with E-state index < -0.39 is 0 Å². The lowest BCUT2D eigenvalue weighted by atomic mass is 9.81. The van der Waals surface area contributed by atoms with Crippen molar-refractivity contribution in [3.8, 4) is 66.8 Å². The Morgan fingerprint density at radius 3 is 1.37 bits per heavy atom. The molecule has 1 aliphatic carbocycles. The molecular formula is C57H43NS. The summed E-state index contributed by atoms with van der Waals surface area (Å²) < 4.78 is 0. The Kier molecular flexibility index (Phi) is 9.36. The van der Waals surface area contributed by atoms with Crippen LogP contribution in [-0.4, -0.2) is 0 Å². The van der Waals surface area contributed by atoms with Gasteiger partial charge in [-0.3, -0.25) is 0 Å². The van der Waals surface area contributed by atoms with Gasteiger partial charge in [0.25, 0.3) is 0 Å². The lowest BCUT2D eigenvalue weighted by Gasteiger charge is -2.28. The van der Waals surface area contributed by atoms with Gasteiger partial charge in [0.05, 0.1) is 5.69 Å². The van der Waals surface area contributed by atoms with E-state index in [1.807, 2.05) is 0 Å². The molecule has 0 bridgehead atoms. The van der Waals surface area contributed by atoms with E-state index in [-0.39, 0.29) is 5.41 Å². The number of hydrogen-bond donors (Lipinski definition) is 1. The minimum atomic E-state index is -0.0869. The Morgan fingerprint density at radius 2 is 0.763 bits per heavy atom. The molecule has 0 atom stereocenters. The third kappa shape index (κ3) is 6.76. The van der Waals surface area contributed by atoms with Gasteiger partial charge < -0.3 is 4.90 Å². The van der Waals surface area contributed by atoms with Gasteiger partial charge in [-0.25, -0.2) is 0 Å². The van der Waals surface area contributed by atoms with E-state index in [9.17, 15) is 0 Å². The number of hydrogen-bond acceptors (Lipinski definition) is 2. The third-order valence-corrected chi connectivity index (χ3v) is 12.5. The average molecular weight is 774 g/mol. The van der Waals surface area contributed by atoms with Gasteiger partial charge in [-0.1, -0.05) is 184 Å². The normalized spacial score (nSPS) is 12.5. The van der Waals surface area contributed by atoms with Crippen LogP contribution in [0.3, 0.4) is 0 Å². The van der Waals surface area contributed by atoms with E-state index >= 15 is 0 Å². The van der Waals surface area contributed by atoms with Crippen molar-refractivity contribution < 1.29 is 0 Å². The monoisotopic (exact) mass is 773 g/mol. The minimum absolute atomic E-state index is 0.0869. The standard InChI is InChI=1S/C57H43NS/c1-57(2)53-35-29-45(37-52(53)51-34-28-46(38-54(51)57)41-18-10-5-11-19-41)43-26-32-49(33-27-43)58(48-30-24-42(25-31-48)39-14-6-3-7-15-39)55-23-13-22-50(56(55)59)47-21-12-20-44(36-47)40-16-8-4-9-17-40/h3-38,59H,1-2H3. The van der Waals surface area contributed by atoms with E-state index in [1.54, 1.807) is 0 Å². The fourth-order valence-electron chi connectivity index (χ4n) is 8.85. The van der Waals surface area contributed by atoms with Crippen molar-refractivity contribution >= 4 is 29.7 Å². The molecule has 0 aliphatic heterocycles. The van der Waals surface area contributed by atoms with Gasteiger partial charge in [0.2, 0.25) is 0 Å². The smallest absolute Gasteiger partial charge is 0.0601 e. The fourth-order valence-corrected chi connectivity index (χ4v) is 9.23. The molecule has 1 aliphatic rings. The summed E-state index contributed by atoms with van der Waals surface area (Å²) in [5, 5.41) is 0. The molecule has 282 valence electrons. The summed E-state index contributed by atoms with van der Waals surface area (Å²) in [5.41, 5.74) is 20.3. The molecule has 0 aromatic heterocycles. The molecule has 1 nitrogen and oxygen atoms in total. The SMILES string of the molecule is CC1(C)c2ccc(-c3ccc(N(c4ccc(-c5ccccc5)cc4)c4cccc(-c5cccc(-c6ccccc6)c5)c4S)cc3)cc2-c2ccc(-c3ccccc3)cc21. The molecule has 2 heteroatoms. The van der Waals surface area contributed by atoms with Crippen LogP contribution in [0, 0.1) is 0 Å². The topological polar surface area (TPSA) is 3.24 Å². The number of anilines is 3. The summed E-state index contributed by atoms with van der Waals surface area (Å²) in [5.74, 6) is 0. The Labute approximate surface area is 353 Å². The molecule has 0 saturated heterocycles. The number of fused-ring (bicyclic) bond motifs is 3. The molecule has 9 aromatic rings. The van der Waals surface area contributed by atoms with Gasteiger partial charge in [-0.05, 0) is 126 Å². The van der Waals surface area contributed by atoms with Crippen LogP contribution in [0.2, 0.25) is 0 Å². The Morgan fingerprint density at radius 1 is 0.322 bits per heavy atom. The molecular weight excluding hydrogens is 731 g/mol. The van der Waals surface area contributed by atoms with Crippen molar-refractivity contribution in [1.29, 1.82) is 0 Å². The van der Waals surface area contributed by atoms with Crippen LogP contribution < -0.4 is 4.90 Å². The summed E-state index contributed by atoms with van der Waals surface area (Å²) >= 11 is 5.30. The first kappa shape index (κ1) is 36.5. The lowest BCUT2D eigenvalue weighted by molar-refractivity contribution is 0.660. The highest BCUT2D eigenvalue weighted by atomic mass is 32.1. The molecule has 10 rings (SSSR count). The zero-order valence-electron chi connectivity index (χ0n) is 33.2. The second kappa shape index (κ2) is 15.1. The van der Waals surface area contributed by atoms with Gasteiger partial charge >= 0.3 is 0 Å². The molecule has 0 radical (unpaired) electrons. The van der Waals surface area contributed by atoms with Gasteiger partial charge in [-0.15, -0.1) is 12.6 Å². The predicted octanol–water partition coefficient (Wildman–Crippen LogP) is 16.1. The summed E-state index contributed by atoms with van der Waals surface area (Å²) in [4.78, 5) is 3.25. The number of rotatable bonds is 8. The second-order valence-corrected chi connectivity index (χ2v) is 16.4. The van der Waals surface area contributed by atoms with E-state index in [4.69, 9.17) is 12.6 Å². The predicted molar refractivity (Wildman–Crippen MR) is 253 cm³/mol. The molecule has 9 aromatic carbocycles. The summed E-state index contributed by atoms with van der Waals surface area (Å²) in [6, 6.07) is 78.9. The molecule has 0 amide bonds. The van der Waals surface area contributed by atoms with Crippen molar-refractivity contribution in [2.75, 3.05) is 4.90 Å². The zero-order valence-corrected chi connectivity index (χ0v) is 34.1. The summed E-state index contributed by atoms with van der Waals surface area (Å²) in [6.07, 6.45) is 0. The first-order valence-electron chi connectivity index (χ1n) is 20.3. The quantitative estimate of drug-likeness (QED) is 0.151. The molecule has 0 fully saturated rings. The second-order valence-electron chi connectivity index (χ2n) is 15.9. The minimum Gasteiger partial charge on any atom is -0.309 e. The Hall–Kier alpha value is -6.87. The van der Waals surface area contributed by atoms with Crippen molar-refractivity contribution in [3.63, 3.8) is 0 Å². The van der Waals surface area contributed by atoms with Gasteiger partial charge in [0, 0.05) is 21.7 Å². The van der Waals surface area contributed by atoms with Crippen LogP contribution in [0.1, 0.15) is 25.0 Å². The highest BCUT2D eigenvalue weighted by Crippen LogP contribution is 2.51. The van der Waals surface area contributed by atoms with Crippen LogP contribution in [0.4, 0.5) is 17.1 Å². The van der Waals surface area contributed by atoms with Crippen molar-refractivity contribution in [3.05, 3.63) is 230 Å². The maximum Gasteiger partial charge on any atom is 0.0601 e. The lowest BCUT2D eigenvalue weighted by Crippen LogP contribution is -2.15. The molecule has 0 heterocycles. The van der Waals surface area contributed by atoms with Crippen LogP contribution in [-0.2, 0) is 5.41 Å². The van der Waals surface area contributed by atoms with E-state index in [0.29, 0.717) is 0 Å². The molecule has 0 unspecified atom stereocenters. The Balaban J connectivity index is 1.03.